The molecule has 1 saturated carbocycles. The van der Waals surface area contributed by atoms with E-state index in [2.05, 4.69) is 39.3 Å². The number of rotatable bonds is 5. The molecule has 2 atom stereocenters. The summed E-state index contributed by atoms with van der Waals surface area (Å²) in [5, 5.41) is 8.90. The second-order valence-corrected chi connectivity index (χ2v) is 12.6. The molecule has 4 rings (SSSR count). The van der Waals surface area contributed by atoms with E-state index in [9.17, 15) is 14.4 Å². The summed E-state index contributed by atoms with van der Waals surface area (Å²) < 4.78 is 7.64. The molecule has 1 fully saturated rings. The van der Waals surface area contributed by atoms with E-state index in [-0.39, 0.29) is 29.3 Å². The van der Waals surface area contributed by atoms with E-state index in [4.69, 9.17) is 16.3 Å². The van der Waals surface area contributed by atoms with Crippen LogP contribution in [0.3, 0.4) is 0 Å². The molecular formula is C28H38ClN5O4. The number of fused-ring (bicyclic) bond motifs is 1. The molecule has 1 aliphatic heterocycles. The normalized spacial score (nSPS) is 20.4. The second-order valence-electron chi connectivity index (χ2n) is 12.2. The Kier molecular flexibility index (Phi) is 7.79. The summed E-state index contributed by atoms with van der Waals surface area (Å²) >= 11 is 6.59. The van der Waals surface area contributed by atoms with Crippen LogP contribution in [0.4, 0.5) is 10.6 Å². The van der Waals surface area contributed by atoms with Crippen LogP contribution in [0.15, 0.2) is 18.3 Å². The van der Waals surface area contributed by atoms with Crippen molar-refractivity contribution >= 4 is 35.3 Å². The fraction of sp³-hybridized carbons (Fsp3) is 0.571. The number of amides is 3. The van der Waals surface area contributed by atoms with Gasteiger partial charge in [0.25, 0.3) is 5.91 Å². The minimum Gasteiger partial charge on any atom is -0.446 e. The molecular weight excluding hydrogens is 506 g/mol. The molecule has 2 aromatic heterocycles. The van der Waals surface area contributed by atoms with Crippen LogP contribution in [-0.2, 0) is 22.5 Å². The van der Waals surface area contributed by atoms with Gasteiger partial charge >= 0.3 is 6.09 Å². The molecule has 2 aliphatic rings. The van der Waals surface area contributed by atoms with Crippen molar-refractivity contribution < 1.29 is 19.1 Å². The van der Waals surface area contributed by atoms with Gasteiger partial charge in [-0.2, -0.15) is 0 Å². The zero-order valence-corrected chi connectivity index (χ0v) is 23.8. The lowest BCUT2D eigenvalue weighted by Crippen LogP contribution is -2.43. The minimum absolute atomic E-state index is 0.00798. The zero-order chi connectivity index (χ0) is 27.8. The second kappa shape index (κ2) is 10.6. The van der Waals surface area contributed by atoms with Gasteiger partial charge in [0, 0.05) is 48.1 Å². The molecule has 0 saturated heterocycles. The van der Waals surface area contributed by atoms with Crippen LogP contribution in [0.25, 0.3) is 11.1 Å². The van der Waals surface area contributed by atoms with E-state index >= 15 is 0 Å². The van der Waals surface area contributed by atoms with Gasteiger partial charge in [0.15, 0.2) is 0 Å². The maximum absolute atomic E-state index is 13.2. The van der Waals surface area contributed by atoms with Gasteiger partial charge in [-0.25, -0.2) is 9.78 Å². The lowest BCUT2D eigenvalue weighted by atomic mass is 9.86. The molecule has 3 amide bonds. The molecule has 10 heteroatoms. The van der Waals surface area contributed by atoms with Crippen molar-refractivity contribution in [3.63, 3.8) is 0 Å². The Bertz CT molecular complexity index is 1250. The third-order valence-electron chi connectivity index (χ3n) is 7.04. The highest BCUT2D eigenvalue weighted by Crippen LogP contribution is 2.42. The van der Waals surface area contributed by atoms with E-state index < -0.39 is 11.6 Å². The quantitative estimate of drug-likeness (QED) is 0.481. The Morgan fingerprint density at radius 1 is 1.16 bits per heavy atom. The van der Waals surface area contributed by atoms with Crippen molar-refractivity contribution in [1.82, 2.24) is 20.2 Å². The van der Waals surface area contributed by atoms with Gasteiger partial charge < -0.3 is 25.3 Å². The molecule has 38 heavy (non-hydrogen) atoms. The Labute approximate surface area is 229 Å². The number of aromatic nitrogens is 2. The van der Waals surface area contributed by atoms with Crippen molar-refractivity contribution in [2.24, 2.45) is 11.3 Å². The highest BCUT2D eigenvalue weighted by molar-refractivity contribution is 6.33. The highest BCUT2D eigenvalue weighted by atomic mass is 35.5. The third kappa shape index (κ3) is 6.31. The number of carbonyl (C=O) groups is 3. The van der Waals surface area contributed by atoms with Crippen molar-refractivity contribution in [3.05, 3.63) is 34.7 Å². The van der Waals surface area contributed by atoms with E-state index in [1.165, 1.54) is 6.20 Å². The van der Waals surface area contributed by atoms with Gasteiger partial charge in [0.1, 0.15) is 17.6 Å². The first-order valence-electron chi connectivity index (χ1n) is 13.2. The van der Waals surface area contributed by atoms with E-state index in [0.29, 0.717) is 29.4 Å². The van der Waals surface area contributed by atoms with Crippen LogP contribution in [-0.4, -0.2) is 46.1 Å². The van der Waals surface area contributed by atoms with Crippen LogP contribution in [0.2, 0.25) is 5.02 Å². The Balaban J connectivity index is 1.51. The standard InChI is InChI=1S/C28H38ClN5O4/c1-27(2,3)33-26(37)38-17-9-7-8-16(10-17)24(35)32-23-12-18(20(29)14-31-23)19-11-21(25(36)30-6)34-15-28(4,5)13-22(19)34/h11-12,14,16-17H,7-10,13,15H2,1-6H3,(H,30,36)(H,33,37)(H,31,32,35)/t16-,17+/m0/s1. The molecule has 0 bridgehead atoms. The number of hydrogen-bond donors (Lipinski definition) is 3. The number of nitrogens with zero attached hydrogens (tertiary/aromatic N) is 2. The summed E-state index contributed by atoms with van der Waals surface area (Å²) in [4.78, 5) is 42.3. The van der Waals surface area contributed by atoms with Crippen molar-refractivity contribution in [2.45, 2.75) is 84.9 Å². The van der Waals surface area contributed by atoms with Gasteiger partial charge in [0.05, 0.1) is 5.02 Å². The highest BCUT2D eigenvalue weighted by Gasteiger charge is 2.35. The Morgan fingerprint density at radius 3 is 2.58 bits per heavy atom. The van der Waals surface area contributed by atoms with Gasteiger partial charge in [-0.15, -0.1) is 0 Å². The zero-order valence-electron chi connectivity index (χ0n) is 23.0. The summed E-state index contributed by atoms with van der Waals surface area (Å²) in [6, 6.07) is 3.63. The lowest BCUT2D eigenvalue weighted by molar-refractivity contribution is -0.122. The van der Waals surface area contributed by atoms with Crippen LogP contribution in [0.1, 0.15) is 76.5 Å². The number of alkyl carbamates (subject to hydrolysis) is 1. The van der Waals surface area contributed by atoms with Gasteiger partial charge in [-0.3, -0.25) is 9.59 Å². The van der Waals surface area contributed by atoms with Gasteiger partial charge in [-0.05, 0) is 70.4 Å². The van der Waals surface area contributed by atoms with Gasteiger partial charge in [-0.1, -0.05) is 25.4 Å². The van der Waals surface area contributed by atoms with E-state index in [1.807, 2.05) is 26.8 Å². The van der Waals surface area contributed by atoms with Crippen LogP contribution < -0.4 is 16.0 Å². The fourth-order valence-electron chi connectivity index (χ4n) is 5.37. The predicted octanol–water partition coefficient (Wildman–Crippen LogP) is 5.17. The average molecular weight is 544 g/mol. The smallest absolute Gasteiger partial charge is 0.407 e. The summed E-state index contributed by atoms with van der Waals surface area (Å²) in [6.07, 6.45) is 4.24. The minimum atomic E-state index is -0.466. The largest absolute Gasteiger partial charge is 0.446 e. The number of anilines is 1. The number of nitrogens with one attached hydrogen (secondary N) is 3. The predicted molar refractivity (Wildman–Crippen MR) is 147 cm³/mol. The maximum atomic E-state index is 13.2. The first kappa shape index (κ1) is 28.0. The van der Waals surface area contributed by atoms with E-state index in [1.54, 1.807) is 13.1 Å². The topological polar surface area (TPSA) is 114 Å². The van der Waals surface area contributed by atoms with Gasteiger partial charge in [0.2, 0.25) is 5.91 Å². The molecule has 3 heterocycles. The SMILES string of the molecule is CNC(=O)c1cc(-c2cc(NC(=O)[C@H]3CCC[C@@H](OC(=O)NC(C)(C)C)C3)ncc2Cl)c2n1CC(C)(C)C2. The molecule has 206 valence electrons. The third-order valence-corrected chi connectivity index (χ3v) is 7.35. The number of carbonyl (C=O) groups excluding carboxylic acids is 3. The maximum Gasteiger partial charge on any atom is 0.407 e. The molecule has 2 aromatic rings. The van der Waals surface area contributed by atoms with Crippen LogP contribution in [0.5, 0.6) is 0 Å². The van der Waals surface area contributed by atoms with Crippen molar-refractivity contribution in [2.75, 3.05) is 12.4 Å². The fourth-order valence-corrected chi connectivity index (χ4v) is 5.57. The average Bonchev–Trinajstić information content (AvgIpc) is 3.31. The van der Waals surface area contributed by atoms with E-state index in [0.717, 1.165) is 42.6 Å². The number of pyridine rings is 1. The first-order valence-corrected chi connectivity index (χ1v) is 13.5. The summed E-state index contributed by atoms with van der Waals surface area (Å²) in [5.74, 6) is -0.220. The lowest BCUT2D eigenvalue weighted by Gasteiger charge is -2.29. The van der Waals surface area contributed by atoms with Crippen LogP contribution in [0, 0.1) is 11.3 Å². The molecule has 1 aliphatic carbocycles. The molecule has 0 spiro atoms. The van der Waals surface area contributed by atoms with Crippen molar-refractivity contribution in [3.8, 4) is 11.1 Å². The summed E-state index contributed by atoms with van der Waals surface area (Å²) in [7, 11) is 1.62. The monoisotopic (exact) mass is 543 g/mol. The Hall–Kier alpha value is -3.07. The molecule has 0 radical (unpaired) electrons. The summed E-state index contributed by atoms with van der Waals surface area (Å²) in [6.45, 7) is 10.7. The number of ether oxygens (including phenoxy) is 1. The van der Waals surface area contributed by atoms with Crippen molar-refractivity contribution in [1.29, 1.82) is 0 Å². The number of halogens is 1. The molecule has 0 unspecified atom stereocenters. The molecule has 9 nitrogen and oxygen atoms in total. The summed E-state index contributed by atoms with van der Waals surface area (Å²) in [5.41, 5.74) is 2.83. The number of hydrogen-bond acceptors (Lipinski definition) is 5. The molecule has 0 aromatic carbocycles. The van der Waals surface area contributed by atoms with Crippen LogP contribution >= 0.6 is 11.6 Å². The molecule has 3 N–H and O–H groups in total. The first-order chi connectivity index (χ1) is 17.8. The Morgan fingerprint density at radius 2 is 1.89 bits per heavy atom.